The molecule has 3 heteroatoms. The van der Waals surface area contributed by atoms with Gasteiger partial charge in [0.15, 0.2) is 5.79 Å². The lowest BCUT2D eigenvalue weighted by molar-refractivity contribution is -0.156. The summed E-state index contributed by atoms with van der Waals surface area (Å²) in [6.45, 7) is 0.528. The molecule has 3 nitrogen and oxygen atoms in total. The number of rotatable bonds is 0. The van der Waals surface area contributed by atoms with E-state index in [1.54, 1.807) is 0 Å². The third-order valence-electron chi connectivity index (χ3n) is 0.980. The quantitative estimate of drug-likeness (QED) is 0.391. The minimum atomic E-state index is -1.53. The fourth-order valence-corrected chi connectivity index (χ4v) is 0.543. The minimum absolute atomic E-state index is 0.0625. The van der Waals surface area contributed by atoms with Gasteiger partial charge in [-0.1, -0.05) is 0 Å². The molecule has 0 radical (unpaired) electrons. The van der Waals surface area contributed by atoms with E-state index >= 15 is 0 Å². The van der Waals surface area contributed by atoms with E-state index in [0.717, 1.165) is 0 Å². The summed E-state index contributed by atoms with van der Waals surface area (Å²) in [5.74, 6) is -1.53. The van der Waals surface area contributed by atoms with Crippen LogP contribution in [0.2, 0.25) is 0 Å². The number of ether oxygens (including phenoxy) is 1. The molecule has 1 fully saturated rings. The second-order valence-electron chi connectivity index (χ2n) is 1.79. The first kappa shape index (κ1) is 5.03. The van der Waals surface area contributed by atoms with Crippen LogP contribution in [-0.4, -0.2) is 29.2 Å². The normalized spacial score (nSPS) is 28.3. The van der Waals surface area contributed by atoms with Crippen LogP contribution in [0.3, 0.4) is 0 Å². The number of hydrogen-bond acceptors (Lipinski definition) is 3. The van der Waals surface area contributed by atoms with Crippen LogP contribution in [0.5, 0.6) is 0 Å². The lowest BCUT2D eigenvalue weighted by Crippen LogP contribution is -2.27. The summed E-state index contributed by atoms with van der Waals surface area (Å²) in [5.41, 5.74) is 0. The second kappa shape index (κ2) is 1.43. The zero-order valence-electron chi connectivity index (χ0n) is 3.92. The van der Waals surface area contributed by atoms with E-state index in [2.05, 4.69) is 4.74 Å². The summed E-state index contributed by atoms with van der Waals surface area (Å²) in [6, 6.07) is 0. The van der Waals surface area contributed by atoms with E-state index in [1.807, 2.05) is 0 Å². The molecule has 1 aliphatic rings. The van der Waals surface area contributed by atoms with Gasteiger partial charge >= 0.3 is 0 Å². The fraction of sp³-hybridized carbons (Fsp3) is 1.00. The van der Waals surface area contributed by atoms with Crippen molar-refractivity contribution in [1.29, 1.82) is 0 Å². The highest BCUT2D eigenvalue weighted by molar-refractivity contribution is 4.68. The Morgan fingerprint density at radius 2 is 2.14 bits per heavy atom. The molecule has 1 heterocycles. The van der Waals surface area contributed by atoms with Gasteiger partial charge in [0.05, 0.1) is 6.61 Å². The molecule has 0 aromatic carbocycles. The van der Waals surface area contributed by atoms with Crippen molar-refractivity contribution in [3.05, 3.63) is 0 Å². The summed E-state index contributed by atoms with van der Waals surface area (Å²) < 4.78 is 4.66. The lowest BCUT2D eigenvalue weighted by atomic mass is 10.3. The maximum absolute atomic E-state index is 8.62. The van der Waals surface area contributed by atoms with Crippen molar-refractivity contribution >= 4 is 0 Å². The van der Waals surface area contributed by atoms with E-state index in [1.165, 1.54) is 0 Å². The molecule has 0 aromatic heterocycles. The molecule has 0 unspecified atom stereocenters. The summed E-state index contributed by atoms with van der Waals surface area (Å²) in [5, 5.41) is 17.2. The van der Waals surface area contributed by atoms with Gasteiger partial charge in [0.1, 0.15) is 6.61 Å². The van der Waals surface area contributed by atoms with Crippen molar-refractivity contribution in [3.63, 3.8) is 0 Å². The van der Waals surface area contributed by atoms with Crippen LogP contribution in [0, 0.1) is 0 Å². The maximum Gasteiger partial charge on any atom is 0.188 e. The zero-order chi connectivity index (χ0) is 5.33. The molecule has 1 aliphatic heterocycles. The van der Waals surface area contributed by atoms with Crippen LogP contribution in [0.1, 0.15) is 6.42 Å². The fourth-order valence-electron chi connectivity index (χ4n) is 0.543. The monoisotopic (exact) mass is 104 g/mol. The molecule has 1 saturated heterocycles. The zero-order valence-corrected chi connectivity index (χ0v) is 3.92. The van der Waals surface area contributed by atoms with Gasteiger partial charge in [0.2, 0.25) is 0 Å². The smallest absolute Gasteiger partial charge is 0.188 e. The summed E-state index contributed by atoms with van der Waals surface area (Å²) in [6.07, 6.45) is 0.340. The molecule has 1 rings (SSSR count). The van der Waals surface area contributed by atoms with Gasteiger partial charge in [-0.2, -0.15) is 0 Å². The molecule has 42 valence electrons. The molecular weight excluding hydrogens is 96.0 g/mol. The predicted octanol–water partition coefficient (Wildman–Crippen LogP) is -0.912. The van der Waals surface area contributed by atoms with Crippen LogP contribution in [-0.2, 0) is 4.74 Å². The molecule has 0 aliphatic carbocycles. The van der Waals surface area contributed by atoms with Crippen molar-refractivity contribution in [3.8, 4) is 0 Å². The maximum atomic E-state index is 8.62. The van der Waals surface area contributed by atoms with Crippen molar-refractivity contribution in [2.45, 2.75) is 12.2 Å². The molecule has 7 heavy (non-hydrogen) atoms. The molecule has 0 spiro atoms. The predicted molar refractivity (Wildman–Crippen MR) is 22.6 cm³/mol. The Hall–Kier alpha value is -0.120. The van der Waals surface area contributed by atoms with Crippen molar-refractivity contribution in [2.75, 3.05) is 13.2 Å². The largest absolute Gasteiger partial charge is 0.376 e. The SMILES string of the molecule is OC1(O)CCOC1. The third-order valence-corrected chi connectivity index (χ3v) is 0.980. The lowest BCUT2D eigenvalue weighted by Gasteiger charge is -2.08. The Balaban J connectivity index is 2.40. The first-order valence-corrected chi connectivity index (χ1v) is 2.23. The highest BCUT2D eigenvalue weighted by Crippen LogP contribution is 2.12. The van der Waals surface area contributed by atoms with Gasteiger partial charge in [0.25, 0.3) is 0 Å². The van der Waals surface area contributed by atoms with E-state index in [4.69, 9.17) is 10.2 Å². The van der Waals surface area contributed by atoms with E-state index in [-0.39, 0.29) is 6.61 Å². The topological polar surface area (TPSA) is 49.7 Å². The van der Waals surface area contributed by atoms with Gasteiger partial charge in [0, 0.05) is 6.42 Å². The standard InChI is InChI=1S/C4H8O3/c5-4(6)1-2-7-3-4/h5-6H,1-3H2. The summed E-state index contributed by atoms with van der Waals surface area (Å²) in [7, 11) is 0. The van der Waals surface area contributed by atoms with Gasteiger partial charge in [-0.05, 0) is 0 Å². The minimum Gasteiger partial charge on any atom is -0.376 e. The van der Waals surface area contributed by atoms with Crippen LogP contribution in [0.4, 0.5) is 0 Å². The average molecular weight is 104 g/mol. The Kier molecular flexibility index (Phi) is 1.03. The Morgan fingerprint density at radius 3 is 2.29 bits per heavy atom. The molecule has 0 atom stereocenters. The Morgan fingerprint density at radius 1 is 1.43 bits per heavy atom. The number of aliphatic hydroxyl groups is 2. The van der Waals surface area contributed by atoms with Crippen molar-refractivity contribution in [2.24, 2.45) is 0 Å². The molecule has 0 amide bonds. The Bertz CT molecular complexity index is 61.3. The molecule has 0 bridgehead atoms. The van der Waals surface area contributed by atoms with Crippen LogP contribution in [0.15, 0.2) is 0 Å². The van der Waals surface area contributed by atoms with E-state index in [9.17, 15) is 0 Å². The molecular formula is C4H8O3. The van der Waals surface area contributed by atoms with Gasteiger partial charge in [-0.15, -0.1) is 0 Å². The summed E-state index contributed by atoms with van der Waals surface area (Å²) >= 11 is 0. The van der Waals surface area contributed by atoms with Gasteiger partial charge < -0.3 is 14.9 Å². The van der Waals surface area contributed by atoms with Gasteiger partial charge in [-0.3, -0.25) is 0 Å². The first-order chi connectivity index (χ1) is 3.21. The Labute approximate surface area is 41.5 Å². The highest BCUT2D eigenvalue weighted by atomic mass is 16.6. The molecule has 0 saturated carbocycles. The summed E-state index contributed by atoms with van der Waals surface area (Å²) in [4.78, 5) is 0. The molecule has 0 aromatic rings. The van der Waals surface area contributed by atoms with Crippen LogP contribution < -0.4 is 0 Å². The van der Waals surface area contributed by atoms with E-state index in [0.29, 0.717) is 13.0 Å². The highest BCUT2D eigenvalue weighted by Gasteiger charge is 2.28. The number of hydrogen-bond donors (Lipinski definition) is 2. The van der Waals surface area contributed by atoms with Crippen molar-refractivity contribution in [1.82, 2.24) is 0 Å². The van der Waals surface area contributed by atoms with Gasteiger partial charge in [-0.25, -0.2) is 0 Å². The van der Waals surface area contributed by atoms with E-state index < -0.39 is 5.79 Å². The van der Waals surface area contributed by atoms with Crippen LogP contribution in [0.25, 0.3) is 0 Å². The van der Waals surface area contributed by atoms with Crippen LogP contribution >= 0.6 is 0 Å². The third kappa shape index (κ3) is 1.12. The first-order valence-electron chi connectivity index (χ1n) is 2.23. The second-order valence-corrected chi connectivity index (χ2v) is 1.79. The van der Waals surface area contributed by atoms with Crippen molar-refractivity contribution < 1.29 is 14.9 Å². The molecule has 2 N–H and O–H groups in total. The average Bonchev–Trinajstić information content (AvgIpc) is 1.84.